The van der Waals surface area contributed by atoms with E-state index in [1.807, 2.05) is 42.7 Å². The second-order valence-electron chi connectivity index (χ2n) is 7.52. The molecule has 162 valence electrons. The second kappa shape index (κ2) is 7.71. The highest BCUT2D eigenvalue weighted by molar-refractivity contribution is 7.89. The Morgan fingerprint density at radius 3 is 2.71 bits per heavy atom. The van der Waals surface area contributed by atoms with E-state index < -0.39 is 10.0 Å². The van der Waals surface area contributed by atoms with Gasteiger partial charge >= 0.3 is 0 Å². The molecule has 4 rings (SSSR count). The molecule has 0 radical (unpaired) electrons. The summed E-state index contributed by atoms with van der Waals surface area (Å²) < 4.78 is 25.5. The van der Waals surface area contributed by atoms with Crippen LogP contribution in [0.15, 0.2) is 58.2 Å². The van der Waals surface area contributed by atoms with E-state index in [0.29, 0.717) is 23.8 Å². The topological polar surface area (TPSA) is 118 Å². The van der Waals surface area contributed by atoms with Gasteiger partial charge in [-0.25, -0.2) is 18.5 Å². The molecule has 0 saturated heterocycles. The van der Waals surface area contributed by atoms with Crippen molar-refractivity contribution in [3.63, 3.8) is 0 Å². The van der Waals surface area contributed by atoms with Crippen LogP contribution in [0, 0.1) is 13.8 Å². The standard InChI is InChI=1S/C21H25N7O2S/c1-13-5-6-15(11-19(13)31(22,29)30)24-21-23-10-9-20(25-21)27(3)16-7-8-17-14(2)28(4)26-18(17)12-16/h5-9,11-12H,10H2,1-4H3,(H2,22,29,30)(H2,23,24,25). The predicted molar refractivity (Wildman–Crippen MR) is 124 cm³/mol. The van der Waals surface area contributed by atoms with Gasteiger partial charge in [0.1, 0.15) is 5.82 Å². The minimum Gasteiger partial charge on any atom is -0.331 e. The molecular weight excluding hydrogens is 414 g/mol. The summed E-state index contributed by atoms with van der Waals surface area (Å²) in [4.78, 5) is 6.53. The van der Waals surface area contributed by atoms with Gasteiger partial charge < -0.3 is 15.5 Å². The van der Waals surface area contributed by atoms with E-state index in [9.17, 15) is 8.42 Å². The molecule has 4 N–H and O–H groups in total. The SMILES string of the molecule is Cc1ccc(NC2=NCC=C(N(C)c3ccc4c(C)n(C)nc4c3)N2)cc1S(N)(=O)=O. The van der Waals surface area contributed by atoms with Crippen molar-refractivity contribution in [1.29, 1.82) is 0 Å². The molecule has 0 aliphatic carbocycles. The highest BCUT2D eigenvalue weighted by Crippen LogP contribution is 2.25. The number of fused-ring (bicyclic) bond motifs is 1. The Morgan fingerprint density at radius 2 is 1.97 bits per heavy atom. The van der Waals surface area contributed by atoms with Crippen LogP contribution >= 0.6 is 0 Å². The number of primary sulfonamides is 1. The Hall–Kier alpha value is -3.37. The molecule has 31 heavy (non-hydrogen) atoms. The highest BCUT2D eigenvalue weighted by atomic mass is 32.2. The molecule has 0 amide bonds. The predicted octanol–water partition coefficient (Wildman–Crippen LogP) is 2.19. The van der Waals surface area contributed by atoms with E-state index in [1.165, 1.54) is 6.07 Å². The number of aromatic nitrogens is 2. The van der Waals surface area contributed by atoms with Gasteiger partial charge in [-0.2, -0.15) is 5.10 Å². The number of nitrogens with two attached hydrogens (primary N) is 1. The average Bonchev–Trinajstić information content (AvgIpc) is 3.01. The first-order chi connectivity index (χ1) is 14.6. The molecule has 0 fully saturated rings. The summed E-state index contributed by atoms with van der Waals surface area (Å²) in [5.74, 6) is 1.37. The first kappa shape index (κ1) is 20.9. The van der Waals surface area contributed by atoms with Crippen molar-refractivity contribution in [2.24, 2.45) is 17.2 Å². The number of nitrogens with zero attached hydrogens (tertiary/aromatic N) is 4. The molecule has 10 heteroatoms. The number of hydrogen-bond acceptors (Lipinski definition) is 7. The van der Waals surface area contributed by atoms with Gasteiger partial charge in [0.2, 0.25) is 16.0 Å². The lowest BCUT2D eigenvalue weighted by Gasteiger charge is -2.27. The Labute approximate surface area is 181 Å². The van der Waals surface area contributed by atoms with Gasteiger partial charge in [-0.15, -0.1) is 0 Å². The summed E-state index contributed by atoms with van der Waals surface area (Å²) in [5.41, 5.74) is 4.21. The van der Waals surface area contributed by atoms with Crippen LogP contribution in [0.4, 0.5) is 11.4 Å². The van der Waals surface area contributed by atoms with Crippen molar-refractivity contribution in [1.82, 2.24) is 15.1 Å². The first-order valence-corrected chi connectivity index (χ1v) is 11.3. The maximum atomic E-state index is 11.8. The monoisotopic (exact) mass is 439 g/mol. The molecule has 1 aromatic heterocycles. The normalized spacial score (nSPS) is 14.1. The fourth-order valence-electron chi connectivity index (χ4n) is 3.52. The van der Waals surface area contributed by atoms with Crippen LogP contribution in [-0.2, 0) is 17.1 Å². The van der Waals surface area contributed by atoms with Crippen molar-refractivity contribution in [3.8, 4) is 0 Å². The maximum Gasteiger partial charge on any atom is 0.238 e. The number of aryl methyl sites for hydroxylation is 3. The van der Waals surface area contributed by atoms with Gasteiger partial charge in [0.15, 0.2) is 0 Å². The maximum absolute atomic E-state index is 11.8. The number of guanidine groups is 1. The Balaban J connectivity index is 1.52. The summed E-state index contributed by atoms with van der Waals surface area (Å²) in [6.07, 6.45) is 1.98. The van der Waals surface area contributed by atoms with Gasteiger partial charge in [0.05, 0.1) is 17.0 Å². The summed E-state index contributed by atoms with van der Waals surface area (Å²) in [5, 5.41) is 17.4. The highest BCUT2D eigenvalue weighted by Gasteiger charge is 2.16. The molecule has 9 nitrogen and oxygen atoms in total. The molecule has 3 aromatic rings. The third-order valence-corrected chi connectivity index (χ3v) is 6.45. The summed E-state index contributed by atoms with van der Waals surface area (Å²) in [6.45, 7) is 4.23. The van der Waals surface area contributed by atoms with Crippen molar-refractivity contribution in [3.05, 3.63) is 59.6 Å². The van der Waals surface area contributed by atoms with Crippen LogP contribution in [-0.4, -0.2) is 37.8 Å². The van der Waals surface area contributed by atoms with Gasteiger partial charge in [-0.1, -0.05) is 6.07 Å². The van der Waals surface area contributed by atoms with Gasteiger partial charge in [-0.3, -0.25) is 4.68 Å². The summed E-state index contributed by atoms with van der Waals surface area (Å²) in [6, 6.07) is 11.2. The van der Waals surface area contributed by atoms with Crippen molar-refractivity contribution in [2.75, 3.05) is 23.8 Å². The number of rotatable bonds is 4. The molecular formula is C21H25N7O2S. The van der Waals surface area contributed by atoms with Gasteiger partial charge in [0, 0.05) is 36.6 Å². The number of sulfonamides is 1. The lowest BCUT2D eigenvalue weighted by Crippen LogP contribution is -2.39. The molecule has 2 heterocycles. The molecule has 2 aromatic carbocycles. The Kier molecular flexibility index (Phi) is 5.19. The van der Waals surface area contributed by atoms with Crippen LogP contribution in [0.25, 0.3) is 10.9 Å². The number of anilines is 2. The zero-order valence-corrected chi connectivity index (χ0v) is 18.7. The largest absolute Gasteiger partial charge is 0.331 e. The Bertz CT molecular complexity index is 1340. The lowest BCUT2D eigenvalue weighted by molar-refractivity contribution is 0.597. The average molecular weight is 440 g/mol. The second-order valence-corrected chi connectivity index (χ2v) is 9.05. The third kappa shape index (κ3) is 4.12. The van der Waals surface area contributed by atoms with E-state index >= 15 is 0 Å². The summed E-state index contributed by atoms with van der Waals surface area (Å²) in [7, 11) is 0.0933. The Morgan fingerprint density at radius 1 is 1.19 bits per heavy atom. The van der Waals surface area contributed by atoms with Crippen molar-refractivity contribution in [2.45, 2.75) is 18.7 Å². The zero-order valence-electron chi connectivity index (χ0n) is 17.8. The van der Waals surface area contributed by atoms with Crippen molar-refractivity contribution < 1.29 is 8.42 Å². The van der Waals surface area contributed by atoms with Crippen molar-refractivity contribution >= 4 is 38.3 Å². The minimum atomic E-state index is -3.80. The van der Waals surface area contributed by atoms with Crippen LogP contribution in [0.3, 0.4) is 0 Å². The van der Waals surface area contributed by atoms with E-state index in [-0.39, 0.29) is 4.90 Å². The van der Waals surface area contributed by atoms with E-state index in [1.54, 1.807) is 19.1 Å². The van der Waals surface area contributed by atoms with E-state index in [2.05, 4.69) is 32.9 Å². The fourth-order valence-corrected chi connectivity index (χ4v) is 4.32. The first-order valence-electron chi connectivity index (χ1n) is 9.72. The third-order valence-electron chi connectivity index (χ3n) is 5.40. The molecule has 0 unspecified atom stereocenters. The van der Waals surface area contributed by atoms with Gasteiger partial charge in [0.25, 0.3) is 0 Å². The van der Waals surface area contributed by atoms with Gasteiger partial charge in [-0.05, 0) is 55.8 Å². The fraction of sp³-hybridized carbons (Fsp3) is 0.238. The lowest BCUT2D eigenvalue weighted by atomic mass is 10.2. The van der Waals surface area contributed by atoms with Crippen LogP contribution in [0.1, 0.15) is 11.3 Å². The molecule has 0 atom stereocenters. The van der Waals surface area contributed by atoms with Crippen LogP contribution in [0.5, 0.6) is 0 Å². The smallest absolute Gasteiger partial charge is 0.238 e. The quantitative estimate of drug-likeness (QED) is 0.574. The van der Waals surface area contributed by atoms with E-state index in [4.69, 9.17) is 5.14 Å². The number of benzene rings is 2. The molecule has 1 aliphatic rings. The molecule has 0 spiro atoms. The summed E-state index contributed by atoms with van der Waals surface area (Å²) >= 11 is 0. The zero-order chi connectivity index (χ0) is 22.3. The molecule has 1 aliphatic heterocycles. The minimum absolute atomic E-state index is 0.0840. The molecule has 0 saturated carbocycles. The molecule has 0 bridgehead atoms. The van der Waals surface area contributed by atoms with E-state index in [0.717, 1.165) is 28.1 Å². The van der Waals surface area contributed by atoms with Crippen LogP contribution < -0.4 is 20.7 Å². The number of hydrogen-bond donors (Lipinski definition) is 3. The number of nitrogens with one attached hydrogen (secondary N) is 2. The van der Waals surface area contributed by atoms with Crippen LogP contribution in [0.2, 0.25) is 0 Å². The number of aliphatic imine (C=N–C) groups is 1.